The van der Waals surface area contributed by atoms with Crippen LogP contribution in [0.4, 0.5) is 0 Å². The molecule has 18 heavy (non-hydrogen) atoms. The van der Waals surface area contributed by atoms with E-state index in [1.165, 1.54) is 0 Å². The number of aromatic nitrogens is 3. The lowest BCUT2D eigenvalue weighted by Crippen LogP contribution is -2.04. The van der Waals surface area contributed by atoms with Crippen molar-refractivity contribution >= 4 is 10.9 Å². The standard InChI is InChI=1S/C13H11N3O2/c1-18-10-4-2-9(3-5-10)16-12-6-7-14-13(17)11(12)8-15-16/h2-8H,1H3,(H,14,17). The monoisotopic (exact) mass is 241 g/mol. The Labute approximate surface area is 103 Å². The Hall–Kier alpha value is -2.56. The summed E-state index contributed by atoms with van der Waals surface area (Å²) in [5.41, 5.74) is 1.53. The first-order chi connectivity index (χ1) is 8.79. The van der Waals surface area contributed by atoms with Crippen LogP contribution in [0.5, 0.6) is 5.75 Å². The summed E-state index contributed by atoms with van der Waals surface area (Å²) in [5, 5.41) is 4.81. The zero-order valence-electron chi connectivity index (χ0n) is 9.75. The van der Waals surface area contributed by atoms with Gasteiger partial charge in [-0.3, -0.25) is 4.79 Å². The number of pyridine rings is 1. The molecule has 0 atom stereocenters. The molecular formula is C13H11N3O2. The topological polar surface area (TPSA) is 59.9 Å². The quantitative estimate of drug-likeness (QED) is 0.743. The number of fused-ring (bicyclic) bond motifs is 1. The number of nitrogens with zero attached hydrogens (tertiary/aromatic N) is 2. The highest BCUT2D eigenvalue weighted by molar-refractivity contribution is 5.78. The molecule has 5 nitrogen and oxygen atoms in total. The fraction of sp³-hybridized carbons (Fsp3) is 0.0769. The van der Waals surface area contributed by atoms with Crippen molar-refractivity contribution in [3.8, 4) is 11.4 Å². The molecule has 1 N–H and O–H groups in total. The fourth-order valence-electron chi connectivity index (χ4n) is 1.90. The predicted molar refractivity (Wildman–Crippen MR) is 68.2 cm³/mol. The van der Waals surface area contributed by atoms with Gasteiger partial charge in [0.15, 0.2) is 0 Å². The molecule has 3 rings (SSSR count). The van der Waals surface area contributed by atoms with Gasteiger partial charge in [0.05, 0.1) is 29.9 Å². The van der Waals surface area contributed by atoms with Gasteiger partial charge in [-0.1, -0.05) is 0 Å². The molecule has 0 aliphatic carbocycles. The minimum Gasteiger partial charge on any atom is -0.497 e. The van der Waals surface area contributed by atoms with Crippen molar-refractivity contribution in [2.75, 3.05) is 7.11 Å². The average Bonchev–Trinajstić information content (AvgIpc) is 2.84. The van der Waals surface area contributed by atoms with Gasteiger partial charge in [-0.05, 0) is 30.3 Å². The van der Waals surface area contributed by atoms with Gasteiger partial charge in [0.25, 0.3) is 5.56 Å². The molecule has 0 aliphatic heterocycles. The zero-order valence-corrected chi connectivity index (χ0v) is 9.75. The number of aromatic amines is 1. The van der Waals surface area contributed by atoms with Gasteiger partial charge < -0.3 is 9.72 Å². The highest BCUT2D eigenvalue weighted by Gasteiger charge is 2.06. The number of H-pyrrole nitrogens is 1. The average molecular weight is 241 g/mol. The lowest BCUT2D eigenvalue weighted by Gasteiger charge is -2.04. The Morgan fingerprint density at radius 2 is 2.00 bits per heavy atom. The Kier molecular flexibility index (Phi) is 2.37. The molecule has 2 heterocycles. The van der Waals surface area contributed by atoms with Crippen molar-refractivity contribution in [2.45, 2.75) is 0 Å². The summed E-state index contributed by atoms with van der Waals surface area (Å²) in [5.74, 6) is 0.785. The van der Waals surface area contributed by atoms with Crippen LogP contribution in [0.25, 0.3) is 16.6 Å². The number of rotatable bonds is 2. The molecule has 0 saturated heterocycles. The molecule has 0 saturated carbocycles. The molecular weight excluding hydrogens is 230 g/mol. The molecule has 0 unspecified atom stereocenters. The zero-order chi connectivity index (χ0) is 12.5. The summed E-state index contributed by atoms with van der Waals surface area (Å²) in [6.07, 6.45) is 3.19. The molecule has 1 aromatic carbocycles. The molecule has 0 amide bonds. The predicted octanol–water partition coefficient (Wildman–Crippen LogP) is 1.72. The first-order valence-corrected chi connectivity index (χ1v) is 5.49. The van der Waals surface area contributed by atoms with Crippen molar-refractivity contribution in [2.24, 2.45) is 0 Å². The van der Waals surface area contributed by atoms with Crippen molar-refractivity contribution < 1.29 is 4.74 Å². The van der Waals surface area contributed by atoms with Crippen molar-refractivity contribution in [1.29, 1.82) is 0 Å². The molecule has 0 fully saturated rings. The Morgan fingerprint density at radius 1 is 1.22 bits per heavy atom. The number of hydrogen-bond donors (Lipinski definition) is 1. The van der Waals surface area contributed by atoms with Crippen LogP contribution in [0.2, 0.25) is 0 Å². The van der Waals surface area contributed by atoms with Gasteiger partial charge in [0.1, 0.15) is 5.75 Å². The van der Waals surface area contributed by atoms with Gasteiger partial charge in [-0.25, -0.2) is 4.68 Å². The van der Waals surface area contributed by atoms with Gasteiger partial charge in [-0.2, -0.15) is 5.10 Å². The fourth-order valence-corrected chi connectivity index (χ4v) is 1.90. The Balaban J connectivity index is 2.19. The molecule has 0 bridgehead atoms. The SMILES string of the molecule is COc1ccc(-n2ncc3c(=O)[nH]ccc32)cc1. The van der Waals surface area contributed by atoms with E-state index in [-0.39, 0.29) is 5.56 Å². The van der Waals surface area contributed by atoms with E-state index in [1.807, 2.05) is 30.3 Å². The lowest BCUT2D eigenvalue weighted by atomic mass is 10.3. The maximum Gasteiger partial charge on any atom is 0.259 e. The Bertz CT molecular complexity index is 741. The number of benzene rings is 1. The van der Waals surface area contributed by atoms with Gasteiger partial charge >= 0.3 is 0 Å². The van der Waals surface area contributed by atoms with Crippen LogP contribution in [-0.2, 0) is 0 Å². The molecule has 0 aliphatic rings. The van der Waals surface area contributed by atoms with Gasteiger partial charge in [0, 0.05) is 6.20 Å². The molecule has 2 aromatic heterocycles. The summed E-state index contributed by atoms with van der Waals surface area (Å²) in [6, 6.07) is 9.33. The third kappa shape index (κ3) is 1.57. The van der Waals surface area contributed by atoms with E-state index in [1.54, 1.807) is 24.2 Å². The van der Waals surface area contributed by atoms with Crippen molar-refractivity contribution in [1.82, 2.24) is 14.8 Å². The minimum absolute atomic E-state index is 0.132. The van der Waals surface area contributed by atoms with Crippen LogP contribution in [0.1, 0.15) is 0 Å². The molecule has 3 aromatic rings. The smallest absolute Gasteiger partial charge is 0.259 e. The Morgan fingerprint density at radius 3 is 2.72 bits per heavy atom. The second-order valence-corrected chi connectivity index (χ2v) is 3.86. The maximum atomic E-state index is 11.6. The summed E-state index contributed by atoms with van der Waals surface area (Å²) in [7, 11) is 1.62. The van der Waals surface area contributed by atoms with E-state index in [4.69, 9.17) is 4.74 Å². The van der Waals surface area contributed by atoms with Crippen LogP contribution < -0.4 is 10.3 Å². The van der Waals surface area contributed by atoms with E-state index in [0.29, 0.717) is 5.39 Å². The van der Waals surface area contributed by atoms with E-state index in [0.717, 1.165) is 17.0 Å². The summed E-state index contributed by atoms with van der Waals surface area (Å²) < 4.78 is 6.83. The first kappa shape index (κ1) is 10.6. The van der Waals surface area contributed by atoms with E-state index >= 15 is 0 Å². The summed E-state index contributed by atoms with van der Waals surface area (Å²) in [4.78, 5) is 14.2. The third-order valence-corrected chi connectivity index (χ3v) is 2.82. The van der Waals surface area contributed by atoms with Crippen molar-refractivity contribution in [3.05, 3.63) is 53.1 Å². The number of ether oxygens (including phenoxy) is 1. The maximum absolute atomic E-state index is 11.6. The second kappa shape index (κ2) is 4.03. The molecule has 0 spiro atoms. The molecule has 5 heteroatoms. The first-order valence-electron chi connectivity index (χ1n) is 5.49. The number of nitrogens with one attached hydrogen (secondary N) is 1. The highest BCUT2D eigenvalue weighted by atomic mass is 16.5. The van der Waals surface area contributed by atoms with E-state index < -0.39 is 0 Å². The van der Waals surface area contributed by atoms with Crippen LogP contribution in [-0.4, -0.2) is 21.9 Å². The second-order valence-electron chi connectivity index (χ2n) is 3.86. The highest BCUT2D eigenvalue weighted by Crippen LogP contribution is 2.18. The van der Waals surface area contributed by atoms with E-state index in [9.17, 15) is 4.79 Å². The largest absolute Gasteiger partial charge is 0.497 e. The molecule has 0 radical (unpaired) electrons. The summed E-state index contributed by atoms with van der Waals surface area (Å²) in [6.45, 7) is 0. The number of hydrogen-bond acceptors (Lipinski definition) is 3. The van der Waals surface area contributed by atoms with Crippen LogP contribution in [0.15, 0.2) is 47.5 Å². The lowest BCUT2D eigenvalue weighted by molar-refractivity contribution is 0.414. The minimum atomic E-state index is -0.132. The third-order valence-electron chi connectivity index (χ3n) is 2.82. The van der Waals surface area contributed by atoms with Crippen LogP contribution in [0.3, 0.4) is 0 Å². The van der Waals surface area contributed by atoms with Gasteiger partial charge in [-0.15, -0.1) is 0 Å². The van der Waals surface area contributed by atoms with E-state index in [2.05, 4.69) is 10.1 Å². The summed E-state index contributed by atoms with van der Waals surface area (Å²) >= 11 is 0. The normalized spacial score (nSPS) is 10.7. The van der Waals surface area contributed by atoms with Crippen molar-refractivity contribution in [3.63, 3.8) is 0 Å². The van der Waals surface area contributed by atoms with Gasteiger partial charge in [0.2, 0.25) is 0 Å². The van der Waals surface area contributed by atoms with Crippen LogP contribution >= 0.6 is 0 Å². The van der Waals surface area contributed by atoms with Crippen LogP contribution in [0, 0.1) is 0 Å². The molecule has 90 valence electrons. The number of methoxy groups -OCH3 is 1.